The Balaban J connectivity index is 2.58. The SMILES string of the molecule is CC(OCc1ccc(F)c(F)c1)C(=O)O. The summed E-state index contributed by atoms with van der Waals surface area (Å²) in [6, 6.07) is 3.29. The molecule has 15 heavy (non-hydrogen) atoms. The van der Waals surface area contributed by atoms with Gasteiger partial charge in [-0.1, -0.05) is 6.07 Å². The van der Waals surface area contributed by atoms with Crippen molar-refractivity contribution < 1.29 is 23.4 Å². The van der Waals surface area contributed by atoms with E-state index >= 15 is 0 Å². The number of ether oxygens (including phenoxy) is 1. The fourth-order valence-electron chi connectivity index (χ4n) is 0.922. The zero-order valence-corrected chi connectivity index (χ0v) is 8.04. The topological polar surface area (TPSA) is 46.5 Å². The number of rotatable bonds is 4. The molecule has 0 aliphatic rings. The van der Waals surface area contributed by atoms with Gasteiger partial charge < -0.3 is 9.84 Å². The number of hydrogen-bond donors (Lipinski definition) is 1. The highest BCUT2D eigenvalue weighted by atomic mass is 19.2. The minimum Gasteiger partial charge on any atom is -0.479 e. The number of carbonyl (C=O) groups is 1. The summed E-state index contributed by atoms with van der Waals surface area (Å²) < 4.78 is 30.1. The third-order valence-corrected chi connectivity index (χ3v) is 1.83. The molecule has 3 nitrogen and oxygen atoms in total. The van der Waals surface area contributed by atoms with E-state index in [4.69, 9.17) is 9.84 Å². The predicted molar refractivity (Wildman–Crippen MR) is 48.2 cm³/mol. The summed E-state index contributed by atoms with van der Waals surface area (Å²) in [5, 5.41) is 8.50. The van der Waals surface area contributed by atoms with Crippen LogP contribution in [0.15, 0.2) is 18.2 Å². The Morgan fingerprint density at radius 2 is 2.13 bits per heavy atom. The average Bonchev–Trinajstić information content (AvgIpc) is 2.19. The van der Waals surface area contributed by atoms with Crippen molar-refractivity contribution in [2.45, 2.75) is 19.6 Å². The standard InChI is InChI=1S/C10H10F2O3/c1-6(10(13)14)15-5-7-2-3-8(11)9(12)4-7/h2-4,6H,5H2,1H3,(H,13,14). The first-order valence-electron chi connectivity index (χ1n) is 4.29. The lowest BCUT2D eigenvalue weighted by Gasteiger charge is -2.08. The van der Waals surface area contributed by atoms with Crippen molar-refractivity contribution in [1.82, 2.24) is 0 Å². The molecule has 0 heterocycles. The molecule has 82 valence electrons. The van der Waals surface area contributed by atoms with Gasteiger partial charge in [-0.3, -0.25) is 0 Å². The molecule has 0 saturated carbocycles. The van der Waals surface area contributed by atoms with E-state index in [-0.39, 0.29) is 6.61 Å². The third kappa shape index (κ3) is 3.28. The van der Waals surface area contributed by atoms with Gasteiger partial charge in [-0.25, -0.2) is 13.6 Å². The fraction of sp³-hybridized carbons (Fsp3) is 0.300. The Hall–Kier alpha value is -1.49. The smallest absolute Gasteiger partial charge is 0.332 e. The van der Waals surface area contributed by atoms with Gasteiger partial charge in [0, 0.05) is 0 Å². The molecule has 1 rings (SSSR count). The van der Waals surface area contributed by atoms with Gasteiger partial charge in [0.15, 0.2) is 17.7 Å². The molecular weight excluding hydrogens is 206 g/mol. The second kappa shape index (κ2) is 4.84. The molecule has 0 spiro atoms. The number of halogens is 2. The average molecular weight is 216 g/mol. The number of aliphatic carboxylic acids is 1. The first-order chi connectivity index (χ1) is 7.00. The highest BCUT2D eigenvalue weighted by Gasteiger charge is 2.11. The highest BCUT2D eigenvalue weighted by Crippen LogP contribution is 2.10. The Kier molecular flexibility index (Phi) is 3.74. The molecule has 1 unspecified atom stereocenters. The van der Waals surface area contributed by atoms with Gasteiger partial charge in [-0.2, -0.15) is 0 Å². The van der Waals surface area contributed by atoms with Gasteiger partial charge >= 0.3 is 5.97 Å². The van der Waals surface area contributed by atoms with Gasteiger partial charge in [0.2, 0.25) is 0 Å². The maximum Gasteiger partial charge on any atom is 0.332 e. The van der Waals surface area contributed by atoms with Crippen LogP contribution in [0.4, 0.5) is 8.78 Å². The summed E-state index contributed by atoms with van der Waals surface area (Å²) in [7, 11) is 0. The van der Waals surface area contributed by atoms with Crippen LogP contribution < -0.4 is 0 Å². The normalized spacial score (nSPS) is 12.5. The largest absolute Gasteiger partial charge is 0.479 e. The van der Waals surface area contributed by atoms with Crippen molar-refractivity contribution in [2.75, 3.05) is 0 Å². The van der Waals surface area contributed by atoms with Crippen molar-refractivity contribution in [1.29, 1.82) is 0 Å². The number of hydrogen-bond acceptors (Lipinski definition) is 2. The summed E-state index contributed by atoms with van der Waals surface area (Å²) in [5.74, 6) is -3.01. The van der Waals surface area contributed by atoms with Crippen LogP contribution in [0.3, 0.4) is 0 Å². The second-order valence-electron chi connectivity index (χ2n) is 3.04. The molecule has 1 aromatic carbocycles. The molecule has 0 bridgehead atoms. The van der Waals surface area contributed by atoms with Crippen molar-refractivity contribution in [3.63, 3.8) is 0 Å². The van der Waals surface area contributed by atoms with Gasteiger partial charge in [0.1, 0.15) is 0 Å². The molecule has 5 heteroatoms. The maximum absolute atomic E-state index is 12.7. The van der Waals surface area contributed by atoms with E-state index in [1.807, 2.05) is 0 Å². The van der Waals surface area contributed by atoms with E-state index in [0.717, 1.165) is 12.1 Å². The molecule has 1 atom stereocenters. The van der Waals surface area contributed by atoms with Crippen LogP contribution in [-0.4, -0.2) is 17.2 Å². The quantitative estimate of drug-likeness (QED) is 0.836. The van der Waals surface area contributed by atoms with Gasteiger partial charge in [-0.15, -0.1) is 0 Å². The molecule has 0 radical (unpaired) electrons. The van der Waals surface area contributed by atoms with Gasteiger partial charge in [-0.05, 0) is 24.6 Å². The monoisotopic (exact) mass is 216 g/mol. The first kappa shape index (κ1) is 11.6. The van der Waals surface area contributed by atoms with Crippen LogP contribution in [0.5, 0.6) is 0 Å². The Labute approximate surface area is 85.3 Å². The number of carboxylic acid groups (broad SMARTS) is 1. The number of carboxylic acids is 1. The lowest BCUT2D eigenvalue weighted by atomic mass is 10.2. The molecule has 0 aliphatic carbocycles. The summed E-state index contributed by atoms with van der Waals surface area (Å²) in [6.07, 6.45) is -0.974. The van der Waals surface area contributed by atoms with Crippen LogP contribution in [0.25, 0.3) is 0 Å². The van der Waals surface area contributed by atoms with E-state index in [1.165, 1.54) is 13.0 Å². The van der Waals surface area contributed by atoms with Crippen molar-refractivity contribution in [2.24, 2.45) is 0 Å². The summed E-state index contributed by atoms with van der Waals surface area (Å²) in [4.78, 5) is 10.4. The lowest BCUT2D eigenvalue weighted by Crippen LogP contribution is -2.19. The lowest BCUT2D eigenvalue weighted by molar-refractivity contribution is -0.149. The summed E-state index contributed by atoms with van der Waals surface area (Å²) >= 11 is 0. The van der Waals surface area contributed by atoms with Crippen LogP contribution in [0.1, 0.15) is 12.5 Å². The van der Waals surface area contributed by atoms with Crippen molar-refractivity contribution in [3.05, 3.63) is 35.4 Å². The zero-order chi connectivity index (χ0) is 11.4. The molecule has 0 fully saturated rings. The van der Waals surface area contributed by atoms with E-state index in [2.05, 4.69) is 0 Å². The highest BCUT2D eigenvalue weighted by molar-refractivity contribution is 5.71. The molecule has 1 aromatic rings. The summed E-state index contributed by atoms with van der Waals surface area (Å²) in [5.41, 5.74) is 0.391. The number of benzene rings is 1. The van der Waals surface area contributed by atoms with Crippen molar-refractivity contribution in [3.8, 4) is 0 Å². The van der Waals surface area contributed by atoms with Gasteiger partial charge in [0.25, 0.3) is 0 Å². The molecule has 0 amide bonds. The van der Waals surface area contributed by atoms with Crippen LogP contribution in [0, 0.1) is 11.6 Å². The second-order valence-corrected chi connectivity index (χ2v) is 3.04. The Morgan fingerprint density at radius 1 is 1.47 bits per heavy atom. The van der Waals surface area contributed by atoms with E-state index < -0.39 is 23.7 Å². The minimum atomic E-state index is -1.10. The molecule has 0 aliphatic heterocycles. The van der Waals surface area contributed by atoms with Crippen LogP contribution in [-0.2, 0) is 16.1 Å². The predicted octanol–water partition coefficient (Wildman–Crippen LogP) is 1.95. The van der Waals surface area contributed by atoms with Crippen LogP contribution >= 0.6 is 0 Å². The van der Waals surface area contributed by atoms with Crippen LogP contribution in [0.2, 0.25) is 0 Å². The van der Waals surface area contributed by atoms with Crippen molar-refractivity contribution >= 4 is 5.97 Å². The molecule has 0 aromatic heterocycles. The first-order valence-corrected chi connectivity index (χ1v) is 4.29. The van der Waals surface area contributed by atoms with E-state index in [9.17, 15) is 13.6 Å². The van der Waals surface area contributed by atoms with E-state index in [0.29, 0.717) is 5.56 Å². The Morgan fingerprint density at radius 3 is 2.67 bits per heavy atom. The maximum atomic E-state index is 12.7. The summed E-state index contributed by atoms with van der Waals surface area (Å²) in [6.45, 7) is 1.30. The molecular formula is C10H10F2O3. The minimum absolute atomic E-state index is 0.0648. The zero-order valence-electron chi connectivity index (χ0n) is 8.04. The Bertz CT molecular complexity index is 366. The van der Waals surface area contributed by atoms with Gasteiger partial charge in [0.05, 0.1) is 6.61 Å². The molecule has 1 N–H and O–H groups in total. The molecule has 0 saturated heterocycles. The van der Waals surface area contributed by atoms with E-state index in [1.54, 1.807) is 0 Å². The fourth-order valence-corrected chi connectivity index (χ4v) is 0.922. The third-order valence-electron chi connectivity index (χ3n) is 1.83.